The number of nitrogens with zero attached hydrogens (tertiary/aromatic N) is 2. The normalized spacial score (nSPS) is 11.9. The number of benzene rings is 1. The van der Waals surface area contributed by atoms with Crippen LogP contribution in [0.4, 0.5) is 10.6 Å². The third kappa shape index (κ3) is 2.90. The van der Waals surface area contributed by atoms with E-state index in [0.717, 1.165) is 5.56 Å². The molecule has 1 amide bonds. The van der Waals surface area contributed by atoms with Gasteiger partial charge in [0.1, 0.15) is 11.9 Å². The van der Waals surface area contributed by atoms with Crippen molar-refractivity contribution in [2.24, 2.45) is 14.1 Å². The van der Waals surface area contributed by atoms with Crippen molar-refractivity contribution in [3.8, 4) is 0 Å². The Morgan fingerprint density at radius 3 is 2.40 bits per heavy atom. The standard InChI is InChI=1S/C14H17N3O3/c1-10(11-7-5-4-6-8-11)20-14(19)15-12-9-13(18)17(3)16(12)2/h4-10H,1-3H3,(H,15,19). The summed E-state index contributed by atoms with van der Waals surface area (Å²) in [5, 5.41) is 2.55. The highest BCUT2D eigenvalue weighted by molar-refractivity contribution is 5.83. The molecule has 0 spiro atoms. The molecule has 1 unspecified atom stereocenters. The fourth-order valence-corrected chi connectivity index (χ4v) is 1.82. The highest BCUT2D eigenvalue weighted by Gasteiger charge is 2.14. The van der Waals surface area contributed by atoms with E-state index in [-0.39, 0.29) is 11.7 Å². The fourth-order valence-electron chi connectivity index (χ4n) is 1.82. The van der Waals surface area contributed by atoms with Gasteiger partial charge in [0.05, 0.1) is 0 Å². The topological polar surface area (TPSA) is 65.3 Å². The third-order valence-electron chi connectivity index (χ3n) is 3.16. The summed E-state index contributed by atoms with van der Waals surface area (Å²) in [4.78, 5) is 23.2. The van der Waals surface area contributed by atoms with Crippen LogP contribution in [0.15, 0.2) is 41.2 Å². The molecule has 0 saturated carbocycles. The van der Waals surface area contributed by atoms with Gasteiger partial charge in [0.15, 0.2) is 0 Å². The van der Waals surface area contributed by atoms with Crippen molar-refractivity contribution in [2.75, 3.05) is 5.32 Å². The van der Waals surface area contributed by atoms with E-state index in [9.17, 15) is 9.59 Å². The van der Waals surface area contributed by atoms with Crippen molar-refractivity contribution in [3.05, 3.63) is 52.3 Å². The SMILES string of the molecule is CC(OC(=O)Nc1cc(=O)n(C)n1C)c1ccccc1. The second-order valence-corrected chi connectivity index (χ2v) is 4.50. The molecule has 0 aliphatic carbocycles. The Balaban J connectivity index is 2.02. The van der Waals surface area contributed by atoms with Crippen LogP contribution in [-0.2, 0) is 18.8 Å². The van der Waals surface area contributed by atoms with Crippen LogP contribution >= 0.6 is 0 Å². The van der Waals surface area contributed by atoms with Crippen LogP contribution < -0.4 is 10.9 Å². The Hall–Kier alpha value is -2.50. The first-order chi connectivity index (χ1) is 9.49. The summed E-state index contributed by atoms with van der Waals surface area (Å²) in [5.41, 5.74) is 0.712. The number of nitrogens with one attached hydrogen (secondary N) is 1. The van der Waals surface area contributed by atoms with Crippen LogP contribution in [-0.4, -0.2) is 15.5 Å². The van der Waals surface area contributed by atoms with Gasteiger partial charge in [-0.05, 0) is 12.5 Å². The van der Waals surface area contributed by atoms with Crippen molar-refractivity contribution in [1.82, 2.24) is 9.36 Å². The van der Waals surface area contributed by atoms with Crippen LogP contribution in [0.3, 0.4) is 0 Å². The number of ether oxygens (including phenoxy) is 1. The lowest BCUT2D eigenvalue weighted by molar-refractivity contribution is 0.121. The van der Waals surface area contributed by atoms with Gasteiger partial charge >= 0.3 is 6.09 Å². The van der Waals surface area contributed by atoms with Crippen molar-refractivity contribution >= 4 is 11.9 Å². The highest BCUT2D eigenvalue weighted by atomic mass is 16.6. The average Bonchev–Trinajstić information content (AvgIpc) is 2.67. The second kappa shape index (κ2) is 5.64. The zero-order chi connectivity index (χ0) is 14.7. The Kier molecular flexibility index (Phi) is 3.93. The van der Waals surface area contributed by atoms with Gasteiger partial charge in [0, 0.05) is 20.2 Å². The lowest BCUT2D eigenvalue weighted by Gasteiger charge is -2.14. The van der Waals surface area contributed by atoms with Gasteiger partial charge in [-0.3, -0.25) is 19.5 Å². The molecule has 1 atom stereocenters. The van der Waals surface area contributed by atoms with Gasteiger partial charge in [-0.1, -0.05) is 30.3 Å². The summed E-state index contributed by atoms with van der Waals surface area (Å²) < 4.78 is 8.19. The monoisotopic (exact) mass is 275 g/mol. The lowest BCUT2D eigenvalue weighted by Crippen LogP contribution is -2.20. The summed E-state index contributed by atoms with van der Waals surface area (Å²) >= 11 is 0. The van der Waals surface area contributed by atoms with Gasteiger partial charge in [-0.15, -0.1) is 0 Å². The van der Waals surface area contributed by atoms with Gasteiger partial charge in [-0.2, -0.15) is 0 Å². The predicted molar refractivity (Wildman–Crippen MR) is 75.6 cm³/mol. The van der Waals surface area contributed by atoms with E-state index in [4.69, 9.17) is 4.74 Å². The van der Waals surface area contributed by atoms with Crippen molar-refractivity contribution in [1.29, 1.82) is 0 Å². The van der Waals surface area contributed by atoms with Gasteiger partial charge in [-0.25, -0.2) is 4.79 Å². The van der Waals surface area contributed by atoms with Crippen molar-refractivity contribution in [3.63, 3.8) is 0 Å². The number of anilines is 1. The quantitative estimate of drug-likeness (QED) is 0.932. The molecule has 0 radical (unpaired) electrons. The van der Waals surface area contributed by atoms with Crippen LogP contribution in [0.1, 0.15) is 18.6 Å². The number of hydrogen-bond acceptors (Lipinski definition) is 3. The molecule has 1 aromatic heterocycles. The maximum Gasteiger partial charge on any atom is 0.413 e. The van der Waals surface area contributed by atoms with Crippen LogP contribution in [0.25, 0.3) is 0 Å². The summed E-state index contributed by atoms with van der Waals surface area (Å²) in [6, 6.07) is 10.8. The summed E-state index contributed by atoms with van der Waals surface area (Å²) in [6.07, 6.45) is -0.959. The largest absolute Gasteiger partial charge is 0.441 e. The zero-order valence-corrected chi connectivity index (χ0v) is 11.7. The zero-order valence-electron chi connectivity index (χ0n) is 11.7. The smallest absolute Gasteiger partial charge is 0.413 e. The Labute approximate surface area is 116 Å². The molecule has 20 heavy (non-hydrogen) atoms. The predicted octanol–water partition coefficient (Wildman–Crippen LogP) is 2.03. The second-order valence-electron chi connectivity index (χ2n) is 4.50. The van der Waals surface area contributed by atoms with Gasteiger partial charge < -0.3 is 4.74 Å². The number of carbonyl (C=O) groups excluding carboxylic acids is 1. The molecule has 6 heteroatoms. The molecule has 0 aliphatic heterocycles. The molecule has 1 aromatic carbocycles. The van der Waals surface area contributed by atoms with Crippen LogP contribution in [0.5, 0.6) is 0 Å². The van der Waals surface area contributed by atoms with E-state index < -0.39 is 6.09 Å². The summed E-state index contributed by atoms with van der Waals surface area (Å²) in [6.45, 7) is 1.79. The molecule has 0 fully saturated rings. The molecule has 2 rings (SSSR count). The fraction of sp³-hybridized carbons (Fsp3) is 0.286. The average molecular weight is 275 g/mol. The van der Waals surface area contributed by atoms with E-state index in [2.05, 4.69) is 5.32 Å². The van der Waals surface area contributed by atoms with E-state index in [1.807, 2.05) is 30.3 Å². The Bertz CT molecular complexity index is 658. The Morgan fingerprint density at radius 2 is 1.85 bits per heavy atom. The molecule has 106 valence electrons. The third-order valence-corrected chi connectivity index (χ3v) is 3.16. The molecule has 1 N–H and O–H groups in total. The van der Waals surface area contributed by atoms with E-state index in [1.165, 1.54) is 15.4 Å². The first-order valence-corrected chi connectivity index (χ1v) is 6.24. The van der Waals surface area contributed by atoms with E-state index in [0.29, 0.717) is 5.82 Å². The minimum atomic E-state index is -0.595. The Morgan fingerprint density at radius 1 is 1.20 bits per heavy atom. The lowest BCUT2D eigenvalue weighted by atomic mass is 10.1. The maximum atomic E-state index is 11.8. The van der Waals surface area contributed by atoms with Crippen molar-refractivity contribution < 1.29 is 9.53 Å². The number of hydrogen-bond donors (Lipinski definition) is 1. The van der Waals surface area contributed by atoms with E-state index in [1.54, 1.807) is 21.0 Å². The molecule has 6 nitrogen and oxygen atoms in total. The first-order valence-electron chi connectivity index (χ1n) is 6.24. The number of carbonyl (C=O) groups is 1. The van der Waals surface area contributed by atoms with E-state index >= 15 is 0 Å². The summed E-state index contributed by atoms with van der Waals surface area (Å²) in [5.74, 6) is 0.391. The minimum Gasteiger partial charge on any atom is -0.441 e. The molecule has 0 bridgehead atoms. The molecular formula is C14H17N3O3. The molecule has 0 aliphatic rings. The number of aromatic nitrogens is 2. The van der Waals surface area contributed by atoms with Crippen molar-refractivity contribution in [2.45, 2.75) is 13.0 Å². The molecule has 1 heterocycles. The number of amides is 1. The molecule has 0 saturated heterocycles. The molecule has 2 aromatic rings. The van der Waals surface area contributed by atoms with Gasteiger partial charge in [0.25, 0.3) is 5.56 Å². The van der Waals surface area contributed by atoms with Gasteiger partial charge in [0.2, 0.25) is 0 Å². The van der Waals surface area contributed by atoms with Crippen LogP contribution in [0, 0.1) is 0 Å². The first kappa shape index (κ1) is 13.9. The highest BCUT2D eigenvalue weighted by Crippen LogP contribution is 2.16. The number of rotatable bonds is 3. The maximum absolute atomic E-state index is 11.8. The molecular weight excluding hydrogens is 258 g/mol. The summed E-state index contributed by atoms with van der Waals surface area (Å²) in [7, 11) is 3.29. The van der Waals surface area contributed by atoms with Crippen LogP contribution in [0.2, 0.25) is 0 Å². The minimum absolute atomic E-state index is 0.195.